The number of aryl methyl sites for hydroxylation is 1. The third-order valence-corrected chi connectivity index (χ3v) is 5.95. The third kappa shape index (κ3) is 4.48. The number of aliphatic imine (C=N–C) groups is 1. The van der Waals surface area contributed by atoms with Gasteiger partial charge in [-0.1, -0.05) is 12.8 Å². The predicted molar refractivity (Wildman–Crippen MR) is 114 cm³/mol. The van der Waals surface area contributed by atoms with Crippen LogP contribution in [-0.4, -0.2) is 71.9 Å². The molecule has 0 spiro atoms. The van der Waals surface area contributed by atoms with Crippen LogP contribution in [0.5, 0.6) is 0 Å². The average molecular weight is 460 g/mol. The molecule has 0 radical (unpaired) electrons. The molecular formula is C18H33IN6. The quantitative estimate of drug-likeness (QED) is 0.426. The number of nitrogens with zero attached hydrogens (tertiary/aromatic N) is 5. The van der Waals surface area contributed by atoms with Crippen molar-refractivity contribution >= 4 is 29.9 Å². The highest BCUT2D eigenvalue weighted by molar-refractivity contribution is 14.0. The van der Waals surface area contributed by atoms with Crippen LogP contribution < -0.4 is 5.32 Å². The van der Waals surface area contributed by atoms with E-state index in [1.807, 2.05) is 25.0 Å². The lowest BCUT2D eigenvalue weighted by Gasteiger charge is -2.37. The standard InChI is InChI=1S/C18H32N6.HI/c1-19-17(20-14-18(22(2)3)8-5-6-9-18)24-10-7-15(13-24)16-11-21-23(4)12-16;/h11-12,15H,5-10,13-14H2,1-4H3,(H,19,20);1H. The number of hydrogen-bond acceptors (Lipinski definition) is 3. The Morgan fingerprint density at radius 3 is 2.68 bits per heavy atom. The van der Waals surface area contributed by atoms with Crippen molar-refractivity contribution in [2.75, 3.05) is 40.8 Å². The summed E-state index contributed by atoms with van der Waals surface area (Å²) in [6, 6.07) is 0. The molecule has 0 amide bonds. The molecule has 1 aliphatic carbocycles. The zero-order valence-corrected chi connectivity index (χ0v) is 18.4. The van der Waals surface area contributed by atoms with Gasteiger partial charge in [0.2, 0.25) is 0 Å². The molecule has 2 heterocycles. The topological polar surface area (TPSA) is 48.7 Å². The Labute approximate surface area is 169 Å². The zero-order valence-electron chi connectivity index (χ0n) is 16.0. The SMILES string of the molecule is CN=C(NCC1(N(C)C)CCCC1)N1CCC(c2cnn(C)c2)C1.I. The van der Waals surface area contributed by atoms with Crippen LogP contribution in [0.1, 0.15) is 43.6 Å². The van der Waals surface area contributed by atoms with Crippen molar-refractivity contribution < 1.29 is 0 Å². The Bertz CT molecular complexity index is 576. The van der Waals surface area contributed by atoms with Gasteiger partial charge in [-0.15, -0.1) is 24.0 Å². The maximum absolute atomic E-state index is 4.55. The molecule has 0 aromatic carbocycles. The van der Waals surface area contributed by atoms with E-state index in [0.29, 0.717) is 11.5 Å². The van der Waals surface area contributed by atoms with Crippen LogP contribution in [0.15, 0.2) is 17.4 Å². The number of hydrogen-bond donors (Lipinski definition) is 1. The summed E-state index contributed by atoms with van der Waals surface area (Å²) >= 11 is 0. The number of aromatic nitrogens is 2. The van der Waals surface area contributed by atoms with Crippen molar-refractivity contribution in [2.24, 2.45) is 12.0 Å². The molecule has 1 unspecified atom stereocenters. The molecule has 0 bridgehead atoms. The van der Waals surface area contributed by atoms with E-state index in [-0.39, 0.29) is 24.0 Å². The first-order valence-corrected chi connectivity index (χ1v) is 9.16. The number of guanidine groups is 1. The second kappa shape index (κ2) is 8.70. The number of rotatable bonds is 4. The van der Waals surface area contributed by atoms with E-state index in [1.165, 1.54) is 37.7 Å². The molecule has 1 aliphatic heterocycles. The van der Waals surface area contributed by atoms with E-state index < -0.39 is 0 Å². The van der Waals surface area contributed by atoms with Crippen LogP contribution in [0.25, 0.3) is 0 Å². The summed E-state index contributed by atoms with van der Waals surface area (Å²) in [6.45, 7) is 3.08. The van der Waals surface area contributed by atoms with Gasteiger partial charge in [0, 0.05) is 51.4 Å². The van der Waals surface area contributed by atoms with Gasteiger partial charge < -0.3 is 15.1 Å². The van der Waals surface area contributed by atoms with E-state index in [4.69, 9.17) is 0 Å². The lowest BCUT2D eigenvalue weighted by molar-refractivity contribution is 0.159. The van der Waals surface area contributed by atoms with Crippen molar-refractivity contribution in [3.05, 3.63) is 18.0 Å². The minimum absolute atomic E-state index is 0. The van der Waals surface area contributed by atoms with E-state index in [2.05, 4.69) is 45.5 Å². The third-order valence-electron chi connectivity index (χ3n) is 5.95. The first kappa shape index (κ1) is 20.5. The van der Waals surface area contributed by atoms with Gasteiger partial charge in [0.1, 0.15) is 0 Å². The first-order chi connectivity index (χ1) is 11.5. The zero-order chi connectivity index (χ0) is 17.2. The average Bonchev–Trinajstić information content (AvgIpc) is 3.28. The Kier molecular flexibility index (Phi) is 7.13. The lowest BCUT2D eigenvalue weighted by atomic mass is 9.96. The van der Waals surface area contributed by atoms with Gasteiger partial charge in [0.15, 0.2) is 5.96 Å². The van der Waals surface area contributed by atoms with Crippen molar-refractivity contribution in [1.82, 2.24) is 24.9 Å². The van der Waals surface area contributed by atoms with E-state index >= 15 is 0 Å². The van der Waals surface area contributed by atoms with Gasteiger partial charge in [-0.3, -0.25) is 9.67 Å². The highest BCUT2D eigenvalue weighted by Crippen LogP contribution is 2.33. The number of likely N-dealkylation sites (N-methyl/N-ethyl adjacent to an activating group) is 1. The van der Waals surface area contributed by atoms with Crippen LogP contribution in [0.3, 0.4) is 0 Å². The van der Waals surface area contributed by atoms with Crippen LogP contribution in [0.4, 0.5) is 0 Å². The second-order valence-electron chi connectivity index (χ2n) is 7.61. The van der Waals surface area contributed by atoms with Crippen LogP contribution in [-0.2, 0) is 7.05 Å². The van der Waals surface area contributed by atoms with E-state index in [9.17, 15) is 0 Å². The van der Waals surface area contributed by atoms with Crippen LogP contribution >= 0.6 is 24.0 Å². The molecule has 2 fully saturated rings. The van der Waals surface area contributed by atoms with Crippen molar-refractivity contribution in [3.8, 4) is 0 Å². The highest BCUT2D eigenvalue weighted by atomic mass is 127. The minimum Gasteiger partial charge on any atom is -0.354 e. The molecule has 1 N–H and O–H groups in total. The summed E-state index contributed by atoms with van der Waals surface area (Å²) in [7, 11) is 8.31. The Morgan fingerprint density at radius 2 is 2.12 bits per heavy atom. The van der Waals surface area contributed by atoms with Crippen molar-refractivity contribution in [1.29, 1.82) is 0 Å². The Balaban J connectivity index is 0.00000225. The fourth-order valence-corrected chi connectivity index (χ4v) is 4.27. The molecule has 6 nitrogen and oxygen atoms in total. The summed E-state index contributed by atoms with van der Waals surface area (Å²) in [5.41, 5.74) is 1.63. The van der Waals surface area contributed by atoms with Gasteiger partial charge >= 0.3 is 0 Å². The highest BCUT2D eigenvalue weighted by Gasteiger charge is 2.36. The second-order valence-corrected chi connectivity index (χ2v) is 7.61. The fraction of sp³-hybridized carbons (Fsp3) is 0.778. The molecule has 1 saturated heterocycles. The van der Waals surface area contributed by atoms with Crippen molar-refractivity contribution in [2.45, 2.75) is 43.6 Å². The largest absolute Gasteiger partial charge is 0.354 e. The Hall–Kier alpha value is -0.830. The molecule has 142 valence electrons. The minimum atomic E-state index is 0. The lowest BCUT2D eigenvalue weighted by Crippen LogP contribution is -2.53. The molecule has 1 aromatic rings. The number of nitrogens with one attached hydrogen (secondary N) is 1. The summed E-state index contributed by atoms with van der Waals surface area (Å²) in [6.07, 6.45) is 10.6. The fourth-order valence-electron chi connectivity index (χ4n) is 4.27. The number of halogens is 1. The molecule has 2 aliphatic rings. The van der Waals surface area contributed by atoms with Gasteiger partial charge in [0.25, 0.3) is 0 Å². The molecule has 1 aromatic heterocycles. The van der Waals surface area contributed by atoms with Gasteiger partial charge in [-0.25, -0.2) is 0 Å². The molecular weight excluding hydrogens is 427 g/mol. The van der Waals surface area contributed by atoms with Crippen LogP contribution in [0, 0.1) is 0 Å². The van der Waals surface area contributed by atoms with Crippen LogP contribution in [0.2, 0.25) is 0 Å². The van der Waals surface area contributed by atoms with Gasteiger partial charge in [-0.2, -0.15) is 5.10 Å². The van der Waals surface area contributed by atoms with Gasteiger partial charge in [0.05, 0.1) is 6.20 Å². The summed E-state index contributed by atoms with van der Waals surface area (Å²) in [4.78, 5) is 9.35. The van der Waals surface area contributed by atoms with E-state index in [1.54, 1.807) is 0 Å². The van der Waals surface area contributed by atoms with E-state index in [0.717, 1.165) is 25.6 Å². The van der Waals surface area contributed by atoms with Crippen molar-refractivity contribution in [3.63, 3.8) is 0 Å². The smallest absolute Gasteiger partial charge is 0.193 e. The summed E-state index contributed by atoms with van der Waals surface area (Å²) in [5, 5.41) is 7.98. The molecule has 3 rings (SSSR count). The molecule has 7 heteroatoms. The number of likely N-dealkylation sites (tertiary alicyclic amines) is 1. The maximum atomic E-state index is 4.55. The monoisotopic (exact) mass is 460 g/mol. The maximum Gasteiger partial charge on any atom is 0.193 e. The summed E-state index contributed by atoms with van der Waals surface area (Å²) in [5.74, 6) is 1.61. The molecule has 1 saturated carbocycles. The Morgan fingerprint density at radius 1 is 1.40 bits per heavy atom. The normalized spacial score (nSPS) is 23.2. The van der Waals surface area contributed by atoms with Gasteiger partial charge in [-0.05, 0) is 38.9 Å². The summed E-state index contributed by atoms with van der Waals surface area (Å²) < 4.78 is 1.89. The predicted octanol–water partition coefficient (Wildman–Crippen LogP) is 2.28. The molecule has 25 heavy (non-hydrogen) atoms. The molecule has 1 atom stereocenters. The first-order valence-electron chi connectivity index (χ1n) is 9.16.